The molecular weight excluding hydrogens is 551 g/mol. The zero-order valence-corrected chi connectivity index (χ0v) is 20.0. The van der Waals surface area contributed by atoms with Crippen LogP contribution in [0.3, 0.4) is 0 Å². The maximum absolute atomic E-state index is 10.2. The number of imidazole rings is 1. The summed E-state index contributed by atoms with van der Waals surface area (Å²) in [4.78, 5) is 76.7. The third kappa shape index (κ3) is 12.9. The number of ether oxygens (including phenoxy) is 1. The van der Waals surface area contributed by atoms with Crippen LogP contribution in [0, 0.1) is 0 Å². The Balaban J connectivity index is 0.000000635. The number of hydrogen-bond donors (Lipinski definition) is 13. The number of fused-ring (bicyclic) bond motifs is 1. The third-order valence-corrected chi connectivity index (χ3v) is 3.66. The van der Waals surface area contributed by atoms with E-state index in [9.17, 15) is 15.3 Å². The van der Waals surface area contributed by atoms with Crippen molar-refractivity contribution in [2.75, 3.05) is 12.3 Å². The van der Waals surface area contributed by atoms with Gasteiger partial charge in [-0.2, -0.15) is 0 Å². The van der Waals surface area contributed by atoms with Gasteiger partial charge in [0.25, 0.3) is 0 Å². The van der Waals surface area contributed by atoms with E-state index >= 15 is 0 Å². The van der Waals surface area contributed by atoms with Crippen LogP contribution in [0.2, 0.25) is 0 Å². The van der Waals surface area contributed by atoms with Crippen molar-refractivity contribution in [2.24, 2.45) is 0 Å². The highest BCUT2D eigenvalue weighted by molar-refractivity contribution is 7.45. The average Bonchev–Trinajstić information content (AvgIpc) is 3.15. The molecule has 1 fully saturated rings. The second-order valence-corrected chi connectivity index (χ2v) is 9.49. The first-order valence-corrected chi connectivity index (χ1v) is 13.1. The molecule has 0 saturated carbocycles. The predicted octanol–water partition coefficient (Wildman–Crippen LogP) is -4.59. The first-order valence-electron chi connectivity index (χ1n) is 8.42. The minimum Gasteiger partial charge on any atom is -0.394 e. The number of phosphoric acid groups is 3. The van der Waals surface area contributed by atoms with Crippen LogP contribution in [-0.4, -0.2) is 104 Å². The summed E-state index contributed by atoms with van der Waals surface area (Å²) in [6.07, 6.45) is -0.646. The van der Waals surface area contributed by atoms with Crippen molar-refractivity contribution in [2.45, 2.75) is 31.0 Å². The highest BCUT2D eigenvalue weighted by Gasteiger charge is 2.52. The Hall–Kier alpha value is -1.48. The molecule has 2 aromatic heterocycles. The van der Waals surface area contributed by atoms with E-state index in [1.54, 1.807) is 6.92 Å². The van der Waals surface area contributed by atoms with E-state index in [2.05, 4.69) is 15.0 Å². The molecule has 0 unspecified atom stereocenters. The fourth-order valence-electron chi connectivity index (χ4n) is 2.49. The highest BCUT2D eigenvalue weighted by atomic mass is 31.2. The maximum Gasteiger partial charge on any atom is 0.466 e. The summed E-state index contributed by atoms with van der Waals surface area (Å²) in [5, 5.41) is 29.3. The fourth-order valence-corrected chi connectivity index (χ4v) is 2.49. The first-order chi connectivity index (χ1) is 15.5. The van der Waals surface area contributed by atoms with Crippen molar-refractivity contribution >= 4 is 40.4 Å². The summed E-state index contributed by atoms with van der Waals surface area (Å²) < 4.78 is 33.7. The maximum atomic E-state index is 10.2. The van der Waals surface area contributed by atoms with Crippen LogP contribution in [0.25, 0.3) is 11.2 Å². The minimum absolute atomic E-state index is 0.212. The number of nitrogens with two attached hydrogens (primary N) is 1. The largest absolute Gasteiger partial charge is 0.466 e. The summed E-state index contributed by atoms with van der Waals surface area (Å²) in [5.74, 6) is 0.212. The number of rotatable bonds is 2. The van der Waals surface area contributed by atoms with Crippen molar-refractivity contribution in [3.63, 3.8) is 0 Å². The van der Waals surface area contributed by atoms with Gasteiger partial charge in [0.15, 0.2) is 17.2 Å². The number of aliphatic hydroxyl groups is 3. The molecule has 14 N–H and O–H groups in total. The smallest absolute Gasteiger partial charge is 0.394 e. The van der Waals surface area contributed by atoms with Gasteiger partial charge in [-0.25, -0.2) is 28.6 Å². The molecule has 1 aliphatic heterocycles. The van der Waals surface area contributed by atoms with E-state index in [1.165, 1.54) is 17.2 Å². The third-order valence-electron chi connectivity index (χ3n) is 3.66. The Morgan fingerprint density at radius 1 is 0.943 bits per heavy atom. The van der Waals surface area contributed by atoms with Crippen molar-refractivity contribution in [1.29, 1.82) is 0 Å². The van der Waals surface area contributed by atoms with Gasteiger partial charge in [-0.1, -0.05) is 0 Å². The topological polar surface area (TPSA) is 373 Å². The lowest BCUT2D eigenvalue weighted by atomic mass is 10.0. The van der Waals surface area contributed by atoms with Crippen LogP contribution < -0.4 is 5.73 Å². The number of anilines is 1. The number of aromatic nitrogens is 4. The van der Waals surface area contributed by atoms with Crippen LogP contribution in [0.5, 0.6) is 0 Å². The van der Waals surface area contributed by atoms with E-state index in [0.29, 0.717) is 11.2 Å². The van der Waals surface area contributed by atoms with Crippen LogP contribution >= 0.6 is 23.5 Å². The van der Waals surface area contributed by atoms with Gasteiger partial charge in [-0.3, -0.25) is 4.57 Å². The molecule has 1 aliphatic rings. The lowest BCUT2D eigenvalue weighted by molar-refractivity contribution is -0.132. The van der Waals surface area contributed by atoms with Crippen molar-refractivity contribution < 1.29 is 77.8 Å². The molecule has 0 aromatic carbocycles. The van der Waals surface area contributed by atoms with Crippen molar-refractivity contribution in [1.82, 2.24) is 19.5 Å². The number of nitrogen functional groups attached to an aromatic ring is 1. The molecule has 1 saturated heterocycles. The Morgan fingerprint density at radius 2 is 1.37 bits per heavy atom. The Morgan fingerprint density at radius 3 is 1.74 bits per heavy atom. The minimum atomic E-state index is -4.64. The summed E-state index contributed by atoms with van der Waals surface area (Å²) in [6, 6.07) is 0. The first kappa shape index (κ1) is 33.5. The normalized spacial score (nSPS) is 24.4. The summed E-state index contributed by atoms with van der Waals surface area (Å²) >= 11 is 0. The number of aliphatic hydroxyl groups excluding tert-OH is 3. The Bertz CT molecular complexity index is 1030. The molecule has 0 radical (unpaired) electrons. The predicted molar refractivity (Wildman–Crippen MR) is 110 cm³/mol. The molecule has 204 valence electrons. The van der Waals surface area contributed by atoms with Crippen LogP contribution in [0.4, 0.5) is 5.82 Å². The number of nitrogens with zero attached hydrogens (tertiary/aromatic N) is 4. The fraction of sp³-hybridized carbons (Fsp3) is 0.545. The zero-order chi connectivity index (χ0) is 28.0. The Kier molecular flexibility index (Phi) is 12.1. The average molecular weight is 575 g/mol. The second-order valence-electron chi connectivity index (χ2n) is 6.41. The van der Waals surface area contributed by atoms with Gasteiger partial charge in [0, 0.05) is 0 Å². The molecule has 0 aliphatic carbocycles. The van der Waals surface area contributed by atoms with E-state index in [1.807, 2.05) is 0 Å². The lowest BCUT2D eigenvalue weighted by Gasteiger charge is -2.29. The van der Waals surface area contributed by atoms with Crippen molar-refractivity contribution in [3.05, 3.63) is 12.7 Å². The van der Waals surface area contributed by atoms with Crippen LogP contribution in [0.1, 0.15) is 6.92 Å². The molecular formula is C11H24N5O16P3. The monoisotopic (exact) mass is 575 g/mol. The standard InChI is InChI=1S/C11H15N5O4.3H3O4P/c1-11(8(19)7(18)5(2-17)20-11)16-4-15-6-9(12)13-3-14-10(6)16;3*1-5(2,3)4/h3-5,7-8,17-19H,2H2,1H3,(H2,12,13,14);3*(H3,1,2,3,4)/t5-,7-,8-,11-;;;/m1.../s1. The molecule has 35 heavy (non-hydrogen) atoms. The molecule has 21 nitrogen and oxygen atoms in total. The van der Waals surface area contributed by atoms with E-state index in [-0.39, 0.29) is 5.82 Å². The SMILES string of the molecule is C[C@@]1(n2cnc3c(N)ncnc32)O[C@H](CO)[C@@H](O)[C@H]1O.O=P(O)(O)O.O=P(O)(O)O.O=P(O)(O)O. The van der Waals surface area contributed by atoms with Gasteiger partial charge in [-0.05, 0) is 6.92 Å². The quantitative estimate of drug-likeness (QED) is 0.150. The molecule has 0 bridgehead atoms. The number of hydrogen-bond acceptors (Lipinski definition) is 11. The highest BCUT2D eigenvalue weighted by Crippen LogP contribution is 2.37. The van der Waals surface area contributed by atoms with E-state index < -0.39 is 54.1 Å². The van der Waals surface area contributed by atoms with Crippen LogP contribution in [0.15, 0.2) is 12.7 Å². The zero-order valence-electron chi connectivity index (χ0n) is 17.3. The molecule has 4 atom stereocenters. The molecule has 0 amide bonds. The lowest BCUT2D eigenvalue weighted by Crippen LogP contribution is -2.43. The van der Waals surface area contributed by atoms with Gasteiger partial charge < -0.3 is 69.8 Å². The summed E-state index contributed by atoms with van der Waals surface area (Å²) in [7, 11) is -13.9. The Labute approximate surface area is 194 Å². The molecule has 0 spiro atoms. The van der Waals surface area contributed by atoms with E-state index in [4.69, 9.17) is 68.2 Å². The summed E-state index contributed by atoms with van der Waals surface area (Å²) in [5.41, 5.74) is 5.16. The van der Waals surface area contributed by atoms with Gasteiger partial charge in [0.05, 0.1) is 12.9 Å². The van der Waals surface area contributed by atoms with Gasteiger partial charge in [0.1, 0.15) is 30.2 Å². The molecule has 3 heterocycles. The second kappa shape index (κ2) is 12.7. The van der Waals surface area contributed by atoms with Crippen molar-refractivity contribution in [3.8, 4) is 0 Å². The van der Waals surface area contributed by atoms with Crippen LogP contribution in [-0.2, 0) is 24.2 Å². The molecule has 2 aromatic rings. The summed E-state index contributed by atoms with van der Waals surface area (Å²) in [6.45, 7) is 1.17. The molecule has 24 heteroatoms. The van der Waals surface area contributed by atoms with Gasteiger partial charge >= 0.3 is 23.5 Å². The van der Waals surface area contributed by atoms with Gasteiger partial charge in [-0.15, -0.1) is 0 Å². The molecule has 3 rings (SSSR count). The van der Waals surface area contributed by atoms with E-state index in [0.717, 1.165) is 0 Å². The van der Waals surface area contributed by atoms with Gasteiger partial charge in [0.2, 0.25) is 0 Å².